The van der Waals surface area contributed by atoms with E-state index in [2.05, 4.69) is 11.9 Å². The third-order valence-electron chi connectivity index (χ3n) is 3.70. The van der Waals surface area contributed by atoms with Crippen molar-refractivity contribution in [2.75, 3.05) is 13.7 Å². The predicted octanol–water partition coefficient (Wildman–Crippen LogP) is 4.46. The van der Waals surface area contributed by atoms with Crippen LogP contribution in [0.15, 0.2) is 46.9 Å². The number of methoxy groups -OCH3 is 1. The molecular formula is C19H19NO4. The summed E-state index contributed by atoms with van der Waals surface area (Å²) in [5.41, 5.74) is 2.17. The van der Waals surface area contributed by atoms with Gasteiger partial charge in [-0.25, -0.2) is 9.78 Å². The Morgan fingerprint density at radius 2 is 2.00 bits per heavy atom. The monoisotopic (exact) mass is 325 g/mol. The summed E-state index contributed by atoms with van der Waals surface area (Å²) in [5, 5.41) is 0. The van der Waals surface area contributed by atoms with Crippen LogP contribution in [0.25, 0.3) is 22.6 Å². The Labute approximate surface area is 140 Å². The summed E-state index contributed by atoms with van der Waals surface area (Å²) in [6.07, 6.45) is 2.04. The van der Waals surface area contributed by atoms with Gasteiger partial charge in [0.15, 0.2) is 5.58 Å². The first-order valence-corrected chi connectivity index (χ1v) is 7.94. The van der Waals surface area contributed by atoms with E-state index in [9.17, 15) is 4.79 Å². The van der Waals surface area contributed by atoms with Crippen molar-refractivity contribution in [2.24, 2.45) is 0 Å². The summed E-state index contributed by atoms with van der Waals surface area (Å²) in [6.45, 7) is 2.76. The topological polar surface area (TPSA) is 61.6 Å². The number of unbranched alkanes of at least 4 members (excludes halogenated alkanes) is 1. The van der Waals surface area contributed by atoms with E-state index in [-0.39, 0.29) is 0 Å². The molecule has 3 rings (SSSR count). The number of hydrogen-bond donors (Lipinski definition) is 0. The van der Waals surface area contributed by atoms with Crippen LogP contribution in [-0.4, -0.2) is 24.7 Å². The number of hydrogen-bond acceptors (Lipinski definition) is 5. The van der Waals surface area contributed by atoms with Crippen LogP contribution in [0.5, 0.6) is 5.75 Å². The molecule has 0 saturated heterocycles. The molecule has 1 heterocycles. The smallest absolute Gasteiger partial charge is 0.340 e. The number of carbonyl (C=O) groups is 1. The van der Waals surface area contributed by atoms with Crippen LogP contribution in [0, 0.1) is 0 Å². The molecule has 124 valence electrons. The maximum atomic E-state index is 11.9. The van der Waals surface area contributed by atoms with E-state index in [1.807, 2.05) is 24.3 Å². The molecule has 0 unspecified atom stereocenters. The number of para-hydroxylation sites is 2. The van der Waals surface area contributed by atoms with Crippen molar-refractivity contribution in [3.05, 3.63) is 48.0 Å². The largest absolute Gasteiger partial charge is 0.493 e. The molecule has 0 bridgehead atoms. The molecule has 0 radical (unpaired) electrons. The number of rotatable bonds is 6. The molecule has 0 amide bonds. The third kappa shape index (κ3) is 3.11. The summed E-state index contributed by atoms with van der Waals surface area (Å²) < 4.78 is 16.5. The molecule has 5 nitrogen and oxygen atoms in total. The lowest BCUT2D eigenvalue weighted by Gasteiger charge is -2.08. The fourth-order valence-electron chi connectivity index (χ4n) is 2.43. The first-order valence-electron chi connectivity index (χ1n) is 7.94. The van der Waals surface area contributed by atoms with Gasteiger partial charge in [-0.3, -0.25) is 0 Å². The van der Waals surface area contributed by atoms with Gasteiger partial charge < -0.3 is 13.9 Å². The van der Waals surface area contributed by atoms with Gasteiger partial charge in [0.1, 0.15) is 11.3 Å². The van der Waals surface area contributed by atoms with E-state index in [0.717, 1.165) is 24.2 Å². The van der Waals surface area contributed by atoms with Crippen molar-refractivity contribution < 1.29 is 18.7 Å². The van der Waals surface area contributed by atoms with Gasteiger partial charge in [-0.15, -0.1) is 0 Å². The van der Waals surface area contributed by atoms with Crippen LogP contribution >= 0.6 is 0 Å². The zero-order valence-corrected chi connectivity index (χ0v) is 13.7. The highest BCUT2D eigenvalue weighted by Gasteiger charge is 2.18. The average Bonchev–Trinajstić information content (AvgIpc) is 3.05. The van der Waals surface area contributed by atoms with Crippen LogP contribution in [0.3, 0.4) is 0 Å². The van der Waals surface area contributed by atoms with Gasteiger partial charge in [-0.2, -0.15) is 0 Å². The summed E-state index contributed by atoms with van der Waals surface area (Å²) >= 11 is 0. The molecule has 0 aliphatic carbocycles. The van der Waals surface area contributed by atoms with Crippen LogP contribution in [0.4, 0.5) is 0 Å². The van der Waals surface area contributed by atoms with Crippen LogP contribution in [0.1, 0.15) is 30.1 Å². The molecule has 0 fully saturated rings. The number of benzene rings is 2. The van der Waals surface area contributed by atoms with E-state index in [1.54, 1.807) is 18.2 Å². The SMILES string of the molecule is CCCCOc1ccccc1-c1nc2c(C(=O)OC)cccc2o1. The molecule has 3 aromatic rings. The number of esters is 1. The second-order valence-electron chi connectivity index (χ2n) is 5.36. The minimum atomic E-state index is -0.437. The molecule has 1 aromatic heterocycles. The Morgan fingerprint density at radius 1 is 1.17 bits per heavy atom. The molecule has 0 aliphatic heterocycles. The van der Waals surface area contributed by atoms with Crippen molar-refractivity contribution in [1.82, 2.24) is 4.98 Å². The number of oxazole rings is 1. The second-order valence-corrected chi connectivity index (χ2v) is 5.36. The summed E-state index contributed by atoms with van der Waals surface area (Å²) in [7, 11) is 1.35. The van der Waals surface area contributed by atoms with Crippen molar-refractivity contribution in [1.29, 1.82) is 0 Å². The number of ether oxygens (including phenoxy) is 2. The Hall–Kier alpha value is -2.82. The predicted molar refractivity (Wildman–Crippen MR) is 91.2 cm³/mol. The van der Waals surface area contributed by atoms with E-state index < -0.39 is 5.97 Å². The number of aromatic nitrogens is 1. The lowest BCUT2D eigenvalue weighted by molar-refractivity contribution is 0.0602. The lowest BCUT2D eigenvalue weighted by Crippen LogP contribution is -2.01. The minimum Gasteiger partial charge on any atom is -0.493 e. The van der Waals surface area contributed by atoms with Gasteiger partial charge in [0.2, 0.25) is 5.89 Å². The first kappa shape index (κ1) is 16.1. The molecule has 24 heavy (non-hydrogen) atoms. The van der Waals surface area contributed by atoms with E-state index in [1.165, 1.54) is 7.11 Å². The summed E-state index contributed by atoms with van der Waals surface area (Å²) in [5.74, 6) is 0.707. The van der Waals surface area contributed by atoms with Gasteiger partial charge in [0, 0.05) is 0 Å². The maximum Gasteiger partial charge on any atom is 0.340 e. The highest BCUT2D eigenvalue weighted by Crippen LogP contribution is 2.32. The molecule has 0 saturated carbocycles. The van der Waals surface area contributed by atoms with Crippen molar-refractivity contribution >= 4 is 17.1 Å². The van der Waals surface area contributed by atoms with Crippen molar-refractivity contribution in [2.45, 2.75) is 19.8 Å². The summed E-state index contributed by atoms with van der Waals surface area (Å²) in [6, 6.07) is 12.8. The molecule has 0 spiro atoms. The Bertz CT molecular complexity index is 853. The number of fused-ring (bicyclic) bond motifs is 1. The van der Waals surface area contributed by atoms with E-state index in [0.29, 0.717) is 29.2 Å². The van der Waals surface area contributed by atoms with Crippen molar-refractivity contribution in [3.63, 3.8) is 0 Å². The van der Waals surface area contributed by atoms with Gasteiger partial charge >= 0.3 is 5.97 Å². The Kier molecular flexibility index (Phi) is 4.79. The van der Waals surface area contributed by atoms with E-state index in [4.69, 9.17) is 13.9 Å². The minimum absolute atomic E-state index is 0.384. The zero-order valence-electron chi connectivity index (χ0n) is 13.7. The summed E-state index contributed by atoms with van der Waals surface area (Å²) in [4.78, 5) is 16.4. The quantitative estimate of drug-likeness (QED) is 0.494. The first-order chi connectivity index (χ1) is 11.7. The molecule has 0 aliphatic rings. The van der Waals surface area contributed by atoms with Gasteiger partial charge in [0.05, 0.1) is 24.8 Å². The number of nitrogens with zero attached hydrogens (tertiary/aromatic N) is 1. The molecule has 5 heteroatoms. The molecular weight excluding hydrogens is 306 g/mol. The zero-order chi connectivity index (χ0) is 16.9. The van der Waals surface area contributed by atoms with Gasteiger partial charge in [-0.1, -0.05) is 31.5 Å². The normalized spacial score (nSPS) is 10.8. The second kappa shape index (κ2) is 7.17. The highest BCUT2D eigenvalue weighted by molar-refractivity contribution is 6.01. The molecule has 0 atom stereocenters. The highest BCUT2D eigenvalue weighted by atomic mass is 16.5. The average molecular weight is 325 g/mol. The Balaban J connectivity index is 2.03. The van der Waals surface area contributed by atoms with Gasteiger partial charge in [0.25, 0.3) is 0 Å². The third-order valence-corrected chi connectivity index (χ3v) is 3.70. The van der Waals surface area contributed by atoms with Crippen LogP contribution < -0.4 is 4.74 Å². The molecule has 0 N–H and O–H groups in total. The molecule has 2 aromatic carbocycles. The van der Waals surface area contributed by atoms with Crippen LogP contribution in [0.2, 0.25) is 0 Å². The number of carbonyl (C=O) groups excluding carboxylic acids is 1. The fourth-order valence-corrected chi connectivity index (χ4v) is 2.43. The fraction of sp³-hybridized carbons (Fsp3) is 0.263. The van der Waals surface area contributed by atoms with Gasteiger partial charge in [-0.05, 0) is 30.7 Å². The lowest BCUT2D eigenvalue weighted by atomic mass is 10.2. The van der Waals surface area contributed by atoms with E-state index >= 15 is 0 Å². The standard InChI is InChI=1S/C19H19NO4/c1-3-4-12-23-15-10-6-5-8-13(15)18-20-17-14(19(21)22-2)9-7-11-16(17)24-18/h5-11H,3-4,12H2,1-2H3. The van der Waals surface area contributed by atoms with Crippen LogP contribution in [-0.2, 0) is 4.74 Å². The van der Waals surface area contributed by atoms with Crippen molar-refractivity contribution in [3.8, 4) is 17.2 Å². The maximum absolute atomic E-state index is 11.9. The Morgan fingerprint density at radius 3 is 2.79 bits per heavy atom.